The fraction of sp³-hybridized carbons (Fsp3) is 0.529. The molecule has 0 unspecified atom stereocenters. The molecule has 0 aliphatic rings. The number of esters is 1. The third-order valence-electron chi connectivity index (χ3n) is 3.40. The standard InChI is InChI=1S/C17H25NO3S/c1-6-17(4,5)18-15(19)10-21-16(20)11-22-14-8-7-12(2)9-13(14)3/h7-9H,6,10-11H2,1-5H3,(H,18,19). The molecule has 22 heavy (non-hydrogen) atoms. The lowest BCUT2D eigenvalue weighted by molar-refractivity contribution is -0.146. The Hall–Kier alpha value is -1.49. The van der Waals surface area contributed by atoms with Gasteiger partial charge in [-0.3, -0.25) is 9.59 Å². The fourth-order valence-electron chi connectivity index (χ4n) is 1.79. The van der Waals surface area contributed by atoms with Crippen LogP contribution in [0.15, 0.2) is 23.1 Å². The van der Waals surface area contributed by atoms with Gasteiger partial charge in [-0.2, -0.15) is 0 Å². The second-order valence-corrected chi connectivity index (χ2v) is 7.02. The molecule has 0 aromatic heterocycles. The molecule has 0 spiro atoms. The Labute approximate surface area is 137 Å². The average molecular weight is 323 g/mol. The molecule has 0 saturated heterocycles. The third-order valence-corrected chi connectivity index (χ3v) is 4.55. The molecule has 0 fully saturated rings. The number of rotatable bonds is 7. The Balaban J connectivity index is 2.36. The highest BCUT2D eigenvalue weighted by Gasteiger charge is 2.18. The summed E-state index contributed by atoms with van der Waals surface area (Å²) in [5, 5.41) is 2.83. The molecular weight excluding hydrogens is 298 g/mol. The van der Waals surface area contributed by atoms with E-state index < -0.39 is 0 Å². The van der Waals surface area contributed by atoms with Crippen LogP contribution in [0.3, 0.4) is 0 Å². The summed E-state index contributed by atoms with van der Waals surface area (Å²) >= 11 is 1.43. The molecule has 0 bridgehead atoms. The summed E-state index contributed by atoms with van der Waals surface area (Å²) < 4.78 is 5.01. The van der Waals surface area contributed by atoms with E-state index in [1.807, 2.05) is 46.8 Å². The predicted octanol–water partition coefficient (Wildman–Crippen LogP) is 3.24. The smallest absolute Gasteiger partial charge is 0.316 e. The second-order valence-electron chi connectivity index (χ2n) is 6.00. The highest BCUT2D eigenvalue weighted by Crippen LogP contribution is 2.23. The van der Waals surface area contributed by atoms with E-state index in [9.17, 15) is 9.59 Å². The van der Waals surface area contributed by atoms with E-state index in [1.54, 1.807) is 0 Å². The van der Waals surface area contributed by atoms with E-state index in [2.05, 4.69) is 11.4 Å². The summed E-state index contributed by atoms with van der Waals surface area (Å²) in [6, 6.07) is 6.09. The van der Waals surface area contributed by atoms with Gasteiger partial charge in [0, 0.05) is 10.4 Å². The van der Waals surface area contributed by atoms with E-state index in [0.717, 1.165) is 16.9 Å². The predicted molar refractivity (Wildman–Crippen MR) is 90.1 cm³/mol. The summed E-state index contributed by atoms with van der Waals surface area (Å²) in [5.41, 5.74) is 2.05. The van der Waals surface area contributed by atoms with Gasteiger partial charge in [-0.25, -0.2) is 0 Å². The number of aryl methyl sites for hydroxylation is 2. The van der Waals surface area contributed by atoms with Crippen LogP contribution in [0, 0.1) is 13.8 Å². The Kier molecular flexibility index (Phi) is 6.94. The van der Waals surface area contributed by atoms with Crippen LogP contribution in [0.25, 0.3) is 0 Å². The zero-order chi connectivity index (χ0) is 16.8. The number of hydrogen-bond acceptors (Lipinski definition) is 4. The number of carbonyl (C=O) groups is 2. The average Bonchev–Trinajstić information content (AvgIpc) is 2.43. The molecular formula is C17H25NO3S. The van der Waals surface area contributed by atoms with Gasteiger partial charge in [0.2, 0.25) is 0 Å². The number of hydrogen-bond donors (Lipinski definition) is 1. The van der Waals surface area contributed by atoms with E-state index in [4.69, 9.17) is 4.74 Å². The molecule has 0 aliphatic carbocycles. The van der Waals surface area contributed by atoms with Crippen LogP contribution < -0.4 is 5.32 Å². The van der Waals surface area contributed by atoms with Gasteiger partial charge in [-0.15, -0.1) is 11.8 Å². The Morgan fingerprint density at radius 2 is 1.95 bits per heavy atom. The topological polar surface area (TPSA) is 55.4 Å². The highest BCUT2D eigenvalue weighted by atomic mass is 32.2. The Morgan fingerprint density at radius 1 is 1.27 bits per heavy atom. The molecule has 0 radical (unpaired) electrons. The van der Waals surface area contributed by atoms with Gasteiger partial charge in [-0.05, 0) is 45.7 Å². The molecule has 5 heteroatoms. The maximum atomic E-state index is 11.7. The summed E-state index contributed by atoms with van der Waals surface area (Å²) in [5.74, 6) is -0.444. The van der Waals surface area contributed by atoms with Gasteiger partial charge in [0.05, 0.1) is 5.75 Å². The molecule has 122 valence electrons. The molecule has 0 heterocycles. The molecule has 4 nitrogen and oxygen atoms in total. The van der Waals surface area contributed by atoms with E-state index in [0.29, 0.717) is 0 Å². The van der Waals surface area contributed by atoms with Crippen molar-refractivity contribution in [2.24, 2.45) is 0 Å². The number of benzene rings is 1. The van der Waals surface area contributed by atoms with Gasteiger partial charge >= 0.3 is 5.97 Å². The van der Waals surface area contributed by atoms with Crippen LogP contribution in [0.4, 0.5) is 0 Å². The van der Waals surface area contributed by atoms with Crippen molar-refractivity contribution in [1.82, 2.24) is 5.32 Å². The highest BCUT2D eigenvalue weighted by molar-refractivity contribution is 8.00. The number of thioether (sulfide) groups is 1. The normalized spacial score (nSPS) is 11.1. The Bertz CT molecular complexity index is 541. The molecule has 0 atom stereocenters. The Morgan fingerprint density at radius 3 is 2.55 bits per heavy atom. The summed E-state index contributed by atoms with van der Waals surface area (Å²) in [7, 11) is 0. The third kappa shape index (κ3) is 6.52. The second kappa shape index (κ2) is 8.22. The van der Waals surface area contributed by atoms with Crippen LogP contribution >= 0.6 is 11.8 Å². The van der Waals surface area contributed by atoms with Crippen molar-refractivity contribution < 1.29 is 14.3 Å². The van der Waals surface area contributed by atoms with Crippen molar-refractivity contribution in [3.63, 3.8) is 0 Å². The summed E-state index contributed by atoms with van der Waals surface area (Å²) in [6.45, 7) is 9.68. The fourth-order valence-corrected chi connectivity index (χ4v) is 2.60. The lowest BCUT2D eigenvalue weighted by atomic mass is 10.0. The summed E-state index contributed by atoms with van der Waals surface area (Å²) in [6.07, 6.45) is 0.815. The van der Waals surface area contributed by atoms with Gasteiger partial charge in [0.15, 0.2) is 6.61 Å². The van der Waals surface area contributed by atoms with E-state index in [-0.39, 0.29) is 29.8 Å². The molecule has 1 amide bonds. The lowest BCUT2D eigenvalue weighted by Crippen LogP contribution is -2.44. The molecule has 1 N–H and O–H groups in total. The SMILES string of the molecule is CCC(C)(C)NC(=O)COC(=O)CSc1ccc(C)cc1C. The number of amides is 1. The number of carbonyl (C=O) groups excluding carboxylic acids is 2. The van der Waals surface area contributed by atoms with Crippen LogP contribution in [0.2, 0.25) is 0 Å². The zero-order valence-corrected chi connectivity index (χ0v) is 14.8. The van der Waals surface area contributed by atoms with Gasteiger partial charge in [0.25, 0.3) is 5.91 Å². The molecule has 1 rings (SSSR count). The quantitative estimate of drug-likeness (QED) is 0.618. The van der Waals surface area contributed by atoms with Gasteiger partial charge in [0.1, 0.15) is 0 Å². The van der Waals surface area contributed by atoms with Crippen molar-refractivity contribution >= 4 is 23.6 Å². The number of nitrogens with one attached hydrogen (secondary N) is 1. The first-order valence-corrected chi connectivity index (χ1v) is 8.39. The van der Waals surface area contributed by atoms with Crippen molar-refractivity contribution in [2.75, 3.05) is 12.4 Å². The van der Waals surface area contributed by atoms with E-state index >= 15 is 0 Å². The first-order chi connectivity index (χ1) is 10.2. The summed E-state index contributed by atoms with van der Waals surface area (Å²) in [4.78, 5) is 24.5. The van der Waals surface area contributed by atoms with Crippen molar-refractivity contribution in [3.05, 3.63) is 29.3 Å². The molecule has 1 aromatic carbocycles. The first-order valence-electron chi connectivity index (χ1n) is 7.40. The maximum Gasteiger partial charge on any atom is 0.316 e. The van der Waals surface area contributed by atoms with Crippen molar-refractivity contribution in [2.45, 2.75) is 51.5 Å². The maximum absolute atomic E-state index is 11.7. The van der Waals surface area contributed by atoms with Crippen LogP contribution in [-0.4, -0.2) is 29.8 Å². The van der Waals surface area contributed by atoms with Gasteiger partial charge in [-0.1, -0.05) is 24.6 Å². The number of ether oxygens (including phenoxy) is 1. The van der Waals surface area contributed by atoms with Crippen LogP contribution in [0.1, 0.15) is 38.3 Å². The molecule has 0 aliphatic heterocycles. The van der Waals surface area contributed by atoms with Crippen molar-refractivity contribution in [3.8, 4) is 0 Å². The largest absolute Gasteiger partial charge is 0.455 e. The minimum absolute atomic E-state index is 0.203. The van der Waals surface area contributed by atoms with E-state index in [1.165, 1.54) is 17.3 Å². The molecule has 1 aromatic rings. The van der Waals surface area contributed by atoms with Crippen LogP contribution in [-0.2, 0) is 14.3 Å². The minimum Gasteiger partial charge on any atom is -0.455 e. The lowest BCUT2D eigenvalue weighted by Gasteiger charge is -2.24. The monoisotopic (exact) mass is 323 g/mol. The molecule has 0 saturated carbocycles. The minimum atomic E-state index is -0.380. The zero-order valence-electron chi connectivity index (χ0n) is 14.0. The van der Waals surface area contributed by atoms with Crippen molar-refractivity contribution in [1.29, 1.82) is 0 Å². The first kappa shape index (κ1) is 18.6. The van der Waals surface area contributed by atoms with Crippen LogP contribution in [0.5, 0.6) is 0 Å². The van der Waals surface area contributed by atoms with Gasteiger partial charge < -0.3 is 10.1 Å².